The van der Waals surface area contributed by atoms with Gasteiger partial charge in [-0.15, -0.1) is 11.8 Å². The molecule has 0 heterocycles. The summed E-state index contributed by atoms with van der Waals surface area (Å²) >= 11 is 1.90. The van der Waals surface area contributed by atoms with Gasteiger partial charge in [0.15, 0.2) is 5.78 Å². The van der Waals surface area contributed by atoms with E-state index >= 15 is 0 Å². The van der Waals surface area contributed by atoms with Gasteiger partial charge < -0.3 is 0 Å². The molecule has 1 nitrogen and oxygen atoms in total. The van der Waals surface area contributed by atoms with Crippen molar-refractivity contribution in [1.29, 1.82) is 0 Å². The Balaban J connectivity index is 2.10. The normalized spacial score (nSPS) is 24.6. The van der Waals surface area contributed by atoms with E-state index in [1.165, 1.54) is 30.6 Å². The lowest BCUT2D eigenvalue weighted by atomic mass is 9.91. The number of thioether (sulfide) groups is 1. The molecule has 0 aliphatic heterocycles. The van der Waals surface area contributed by atoms with Gasteiger partial charge in [0.05, 0.1) is 0 Å². The average molecular weight is 248 g/mol. The molecular formula is C15H20OS. The smallest absolute Gasteiger partial charge is 0.160 e. The topological polar surface area (TPSA) is 17.1 Å². The molecule has 1 saturated carbocycles. The largest absolute Gasteiger partial charge is 0.294 e. The van der Waals surface area contributed by atoms with Gasteiger partial charge in [-0.25, -0.2) is 0 Å². The number of hydrogen-bond donors (Lipinski definition) is 0. The first-order valence-corrected chi connectivity index (χ1v) is 7.31. The van der Waals surface area contributed by atoms with Crippen LogP contribution >= 0.6 is 11.8 Å². The molecule has 17 heavy (non-hydrogen) atoms. The van der Waals surface area contributed by atoms with Gasteiger partial charge in [0.1, 0.15) is 0 Å². The summed E-state index contributed by atoms with van der Waals surface area (Å²) in [5.74, 6) is 1.02. The molecule has 0 amide bonds. The van der Waals surface area contributed by atoms with E-state index in [0.29, 0.717) is 5.25 Å². The Hall–Kier alpha value is -0.760. The molecular weight excluding hydrogens is 228 g/mol. The lowest BCUT2D eigenvalue weighted by Crippen LogP contribution is -2.15. The van der Waals surface area contributed by atoms with Crippen LogP contribution in [-0.4, -0.2) is 11.0 Å². The van der Waals surface area contributed by atoms with Crippen molar-refractivity contribution >= 4 is 17.5 Å². The van der Waals surface area contributed by atoms with Crippen molar-refractivity contribution in [2.45, 2.75) is 49.7 Å². The Morgan fingerprint density at radius 2 is 2.06 bits per heavy atom. The van der Waals surface area contributed by atoms with Crippen molar-refractivity contribution < 1.29 is 4.79 Å². The van der Waals surface area contributed by atoms with E-state index in [0.717, 1.165) is 11.5 Å². The molecule has 0 spiro atoms. The maximum absolute atomic E-state index is 11.6. The Kier molecular flexibility index (Phi) is 4.27. The average Bonchev–Trinajstić information content (AvgIpc) is 2.29. The number of carbonyl (C=O) groups excluding carboxylic acids is 1. The maximum atomic E-state index is 11.6. The summed E-state index contributed by atoms with van der Waals surface area (Å²) in [6.45, 7) is 3.99. The molecule has 2 atom stereocenters. The summed E-state index contributed by atoms with van der Waals surface area (Å²) in [6.07, 6.45) is 5.28. The third kappa shape index (κ3) is 3.35. The predicted octanol–water partition coefficient (Wildman–Crippen LogP) is 4.56. The van der Waals surface area contributed by atoms with E-state index in [9.17, 15) is 4.79 Å². The van der Waals surface area contributed by atoms with E-state index in [-0.39, 0.29) is 5.78 Å². The molecule has 2 rings (SSSR count). The van der Waals surface area contributed by atoms with Crippen LogP contribution in [0.3, 0.4) is 0 Å². The molecule has 1 fully saturated rings. The van der Waals surface area contributed by atoms with E-state index in [1.54, 1.807) is 6.92 Å². The summed E-state index contributed by atoms with van der Waals surface area (Å²) in [4.78, 5) is 12.7. The van der Waals surface area contributed by atoms with Crippen molar-refractivity contribution in [2.75, 3.05) is 0 Å². The van der Waals surface area contributed by atoms with E-state index in [2.05, 4.69) is 13.0 Å². The lowest BCUT2D eigenvalue weighted by Gasteiger charge is -2.26. The van der Waals surface area contributed by atoms with Gasteiger partial charge in [0.2, 0.25) is 0 Å². The number of ketones is 1. The molecule has 0 bridgehead atoms. The van der Waals surface area contributed by atoms with Crippen LogP contribution in [0, 0.1) is 5.92 Å². The maximum Gasteiger partial charge on any atom is 0.160 e. The first-order valence-electron chi connectivity index (χ1n) is 6.43. The highest BCUT2D eigenvalue weighted by Gasteiger charge is 2.21. The second-order valence-corrected chi connectivity index (χ2v) is 6.41. The molecule has 0 saturated heterocycles. The predicted molar refractivity (Wildman–Crippen MR) is 73.7 cm³/mol. The Morgan fingerprint density at radius 1 is 1.29 bits per heavy atom. The molecule has 1 aromatic carbocycles. The van der Waals surface area contributed by atoms with E-state index < -0.39 is 0 Å². The zero-order chi connectivity index (χ0) is 12.3. The van der Waals surface area contributed by atoms with Gasteiger partial charge in [-0.05, 0) is 31.7 Å². The molecule has 2 unspecified atom stereocenters. The van der Waals surface area contributed by atoms with Gasteiger partial charge in [0.25, 0.3) is 0 Å². The number of hydrogen-bond acceptors (Lipinski definition) is 2. The minimum absolute atomic E-state index is 0.178. The molecule has 2 heteroatoms. The standard InChI is InChI=1S/C15H20OS/c1-11-6-5-7-13(10-11)17-15-9-4-3-8-14(15)12(2)16/h3-4,8-9,11,13H,5-7,10H2,1-2H3. The number of rotatable bonds is 3. The number of benzene rings is 1. The molecule has 1 aliphatic rings. The molecule has 0 N–H and O–H groups in total. The van der Waals surface area contributed by atoms with Crippen molar-refractivity contribution in [2.24, 2.45) is 5.92 Å². The van der Waals surface area contributed by atoms with Crippen molar-refractivity contribution in [3.8, 4) is 0 Å². The molecule has 1 aromatic rings. The van der Waals surface area contributed by atoms with Crippen LogP contribution in [0.4, 0.5) is 0 Å². The van der Waals surface area contributed by atoms with Crippen LogP contribution in [0.25, 0.3) is 0 Å². The summed E-state index contributed by atoms with van der Waals surface area (Å²) < 4.78 is 0. The fourth-order valence-electron chi connectivity index (χ4n) is 2.53. The van der Waals surface area contributed by atoms with Crippen LogP contribution < -0.4 is 0 Å². The van der Waals surface area contributed by atoms with E-state index in [4.69, 9.17) is 0 Å². The second-order valence-electron chi connectivity index (χ2n) is 5.06. The third-order valence-corrected chi connectivity index (χ3v) is 4.82. The van der Waals surface area contributed by atoms with Crippen molar-refractivity contribution in [3.63, 3.8) is 0 Å². The number of Topliss-reactive ketones (excluding diaryl/α,β-unsaturated/α-hetero) is 1. The van der Waals surface area contributed by atoms with Crippen LogP contribution in [-0.2, 0) is 0 Å². The Bertz CT molecular complexity index is 400. The Labute approximate surface area is 108 Å². The zero-order valence-corrected chi connectivity index (χ0v) is 11.4. The summed E-state index contributed by atoms with van der Waals surface area (Å²) in [7, 11) is 0. The minimum atomic E-state index is 0.178. The van der Waals surface area contributed by atoms with Gasteiger partial charge in [-0.1, -0.05) is 38.0 Å². The fourth-order valence-corrected chi connectivity index (χ4v) is 4.09. The molecule has 1 aliphatic carbocycles. The summed E-state index contributed by atoms with van der Waals surface area (Å²) in [5.41, 5.74) is 0.885. The monoisotopic (exact) mass is 248 g/mol. The first kappa shape index (κ1) is 12.7. The molecule has 0 radical (unpaired) electrons. The number of carbonyl (C=O) groups is 1. The van der Waals surface area contributed by atoms with Gasteiger partial charge >= 0.3 is 0 Å². The van der Waals surface area contributed by atoms with Crippen LogP contribution in [0.2, 0.25) is 0 Å². The highest BCUT2D eigenvalue weighted by atomic mass is 32.2. The lowest BCUT2D eigenvalue weighted by molar-refractivity contribution is 0.101. The molecule has 0 aromatic heterocycles. The zero-order valence-electron chi connectivity index (χ0n) is 10.6. The van der Waals surface area contributed by atoms with Crippen LogP contribution in [0.15, 0.2) is 29.2 Å². The third-order valence-electron chi connectivity index (χ3n) is 3.45. The van der Waals surface area contributed by atoms with Crippen molar-refractivity contribution in [1.82, 2.24) is 0 Å². The SMILES string of the molecule is CC(=O)c1ccccc1SC1CCCC(C)C1. The van der Waals surface area contributed by atoms with Crippen LogP contribution in [0.1, 0.15) is 49.9 Å². The first-order chi connectivity index (χ1) is 8.16. The van der Waals surface area contributed by atoms with Gasteiger partial charge in [-0.3, -0.25) is 4.79 Å². The van der Waals surface area contributed by atoms with Crippen LogP contribution in [0.5, 0.6) is 0 Å². The second kappa shape index (κ2) is 5.72. The summed E-state index contributed by atoms with van der Waals surface area (Å²) in [5, 5.41) is 0.694. The molecule has 92 valence electrons. The quantitative estimate of drug-likeness (QED) is 0.729. The highest BCUT2D eigenvalue weighted by Crippen LogP contribution is 2.37. The van der Waals surface area contributed by atoms with Gasteiger partial charge in [0, 0.05) is 15.7 Å². The Morgan fingerprint density at radius 3 is 2.76 bits per heavy atom. The minimum Gasteiger partial charge on any atom is -0.294 e. The van der Waals surface area contributed by atoms with Gasteiger partial charge in [-0.2, -0.15) is 0 Å². The fraction of sp³-hybridized carbons (Fsp3) is 0.533. The van der Waals surface area contributed by atoms with E-state index in [1.807, 2.05) is 30.0 Å². The summed E-state index contributed by atoms with van der Waals surface area (Å²) in [6, 6.07) is 8.00. The van der Waals surface area contributed by atoms with Crippen molar-refractivity contribution in [3.05, 3.63) is 29.8 Å². The highest BCUT2D eigenvalue weighted by molar-refractivity contribution is 8.00.